The summed E-state index contributed by atoms with van der Waals surface area (Å²) >= 11 is 0. The molecule has 0 spiro atoms. The molecule has 0 unspecified atom stereocenters. The minimum atomic E-state index is -0.116. The van der Waals surface area contributed by atoms with Crippen molar-refractivity contribution in [2.24, 2.45) is 0 Å². The van der Waals surface area contributed by atoms with Gasteiger partial charge in [-0.3, -0.25) is 4.79 Å². The number of amides is 1. The van der Waals surface area contributed by atoms with Crippen molar-refractivity contribution in [1.82, 2.24) is 9.55 Å². The SMILES string of the molecule is [B]c1ccc(NC(=O)Cn2c(-c3ccccc3)nc3ccccc32)cc1. The summed E-state index contributed by atoms with van der Waals surface area (Å²) in [6, 6.07) is 24.8. The van der Waals surface area contributed by atoms with E-state index in [0.717, 1.165) is 28.1 Å². The predicted molar refractivity (Wildman–Crippen MR) is 106 cm³/mol. The molecule has 0 atom stereocenters. The van der Waals surface area contributed by atoms with Gasteiger partial charge < -0.3 is 9.88 Å². The van der Waals surface area contributed by atoms with E-state index in [-0.39, 0.29) is 12.5 Å². The van der Waals surface area contributed by atoms with Gasteiger partial charge in [0.15, 0.2) is 0 Å². The van der Waals surface area contributed by atoms with Crippen molar-refractivity contribution >= 4 is 35.9 Å². The van der Waals surface area contributed by atoms with E-state index in [0.29, 0.717) is 5.46 Å². The molecule has 4 rings (SSSR count). The van der Waals surface area contributed by atoms with Crippen LogP contribution in [0.25, 0.3) is 22.4 Å². The number of nitrogens with one attached hydrogen (secondary N) is 1. The summed E-state index contributed by atoms with van der Waals surface area (Å²) in [5, 5.41) is 2.91. The quantitative estimate of drug-likeness (QED) is 0.582. The fourth-order valence-electron chi connectivity index (χ4n) is 2.95. The number of rotatable bonds is 4. The molecular weight excluding hydrogens is 321 g/mol. The number of benzene rings is 3. The van der Waals surface area contributed by atoms with Gasteiger partial charge in [-0.1, -0.05) is 60.1 Å². The molecule has 0 aliphatic carbocycles. The molecule has 4 aromatic rings. The molecule has 124 valence electrons. The highest BCUT2D eigenvalue weighted by atomic mass is 16.1. The highest BCUT2D eigenvalue weighted by Gasteiger charge is 2.15. The summed E-state index contributed by atoms with van der Waals surface area (Å²) in [4.78, 5) is 17.3. The van der Waals surface area contributed by atoms with Gasteiger partial charge in [0.2, 0.25) is 5.91 Å². The normalized spacial score (nSPS) is 10.8. The van der Waals surface area contributed by atoms with E-state index >= 15 is 0 Å². The van der Waals surface area contributed by atoms with Crippen LogP contribution in [0, 0.1) is 0 Å². The van der Waals surface area contributed by atoms with Crippen LogP contribution in [0.15, 0.2) is 78.9 Å². The maximum absolute atomic E-state index is 12.6. The molecule has 0 saturated carbocycles. The van der Waals surface area contributed by atoms with E-state index < -0.39 is 0 Å². The lowest BCUT2D eigenvalue weighted by atomic mass is 9.96. The maximum atomic E-state index is 12.6. The van der Waals surface area contributed by atoms with Crippen LogP contribution in [0.4, 0.5) is 5.69 Å². The average Bonchev–Trinajstić information content (AvgIpc) is 3.03. The second-order valence-electron chi connectivity index (χ2n) is 6.05. The zero-order valence-electron chi connectivity index (χ0n) is 14.1. The summed E-state index contributed by atoms with van der Waals surface area (Å²) in [6.45, 7) is 0.176. The molecular formula is C21H16BN3O. The number of fused-ring (bicyclic) bond motifs is 1. The molecule has 1 N–H and O–H groups in total. The van der Waals surface area contributed by atoms with Crippen LogP contribution < -0.4 is 10.8 Å². The highest BCUT2D eigenvalue weighted by Crippen LogP contribution is 2.24. The zero-order valence-corrected chi connectivity index (χ0v) is 14.1. The second-order valence-corrected chi connectivity index (χ2v) is 6.05. The number of para-hydroxylation sites is 2. The topological polar surface area (TPSA) is 46.9 Å². The predicted octanol–water partition coefficient (Wildman–Crippen LogP) is 3.14. The molecule has 0 saturated heterocycles. The lowest BCUT2D eigenvalue weighted by Crippen LogP contribution is -2.19. The molecule has 4 nitrogen and oxygen atoms in total. The van der Waals surface area contributed by atoms with Crippen LogP contribution in [-0.2, 0) is 11.3 Å². The van der Waals surface area contributed by atoms with Crippen molar-refractivity contribution in [3.8, 4) is 11.4 Å². The first-order valence-electron chi connectivity index (χ1n) is 8.37. The minimum Gasteiger partial charge on any atom is -0.325 e. The Balaban J connectivity index is 1.68. The van der Waals surface area contributed by atoms with Crippen molar-refractivity contribution in [2.45, 2.75) is 6.54 Å². The molecule has 1 heterocycles. The van der Waals surface area contributed by atoms with Crippen LogP contribution in [0.5, 0.6) is 0 Å². The van der Waals surface area contributed by atoms with Gasteiger partial charge in [0.05, 0.1) is 11.0 Å². The lowest BCUT2D eigenvalue weighted by Gasteiger charge is -2.10. The summed E-state index contributed by atoms with van der Waals surface area (Å²) in [5.41, 5.74) is 4.15. The fourth-order valence-corrected chi connectivity index (χ4v) is 2.95. The Morgan fingerprint density at radius 2 is 1.62 bits per heavy atom. The van der Waals surface area contributed by atoms with Crippen molar-refractivity contribution < 1.29 is 4.79 Å². The molecule has 0 aliphatic rings. The highest BCUT2D eigenvalue weighted by molar-refractivity contribution is 6.32. The van der Waals surface area contributed by atoms with Gasteiger partial charge in [0.25, 0.3) is 0 Å². The standard InChI is InChI=1S/C21H16BN3O/c22-16-10-12-17(13-11-16)23-20(26)14-25-19-9-5-4-8-18(19)24-21(25)15-6-2-1-3-7-15/h1-13H,14H2,(H,23,26). The number of nitrogens with zero attached hydrogens (tertiary/aromatic N) is 2. The summed E-state index contributed by atoms with van der Waals surface area (Å²) < 4.78 is 1.94. The largest absolute Gasteiger partial charge is 0.325 e. The van der Waals surface area contributed by atoms with E-state index in [1.807, 2.05) is 59.2 Å². The van der Waals surface area contributed by atoms with Crippen LogP contribution in [0.2, 0.25) is 0 Å². The van der Waals surface area contributed by atoms with Crippen molar-refractivity contribution in [2.75, 3.05) is 5.32 Å². The van der Waals surface area contributed by atoms with Gasteiger partial charge in [0, 0.05) is 11.3 Å². The Bertz CT molecular complexity index is 1060. The average molecular weight is 337 g/mol. The molecule has 2 radical (unpaired) electrons. The number of anilines is 1. The number of carbonyl (C=O) groups excluding carboxylic acids is 1. The van der Waals surface area contributed by atoms with Gasteiger partial charge in [-0.2, -0.15) is 0 Å². The zero-order chi connectivity index (χ0) is 17.9. The van der Waals surface area contributed by atoms with Crippen molar-refractivity contribution in [3.63, 3.8) is 0 Å². The minimum absolute atomic E-state index is 0.116. The number of carbonyl (C=O) groups is 1. The molecule has 26 heavy (non-hydrogen) atoms. The smallest absolute Gasteiger partial charge is 0.244 e. The first-order valence-corrected chi connectivity index (χ1v) is 8.37. The van der Waals surface area contributed by atoms with E-state index in [1.54, 1.807) is 24.3 Å². The third kappa shape index (κ3) is 3.24. The number of hydrogen-bond acceptors (Lipinski definition) is 2. The van der Waals surface area contributed by atoms with Gasteiger partial charge in [-0.25, -0.2) is 4.98 Å². The molecule has 0 fully saturated rings. The Labute approximate surface area is 152 Å². The summed E-state index contributed by atoms with van der Waals surface area (Å²) in [7, 11) is 5.69. The number of imidazole rings is 1. The van der Waals surface area contributed by atoms with E-state index in [1.165, 1.54) is 0 Å². The van der Waals surface area contributed by atoms with E-state index in [4.69, 9.17) is 12.8 Å². The third-order valence-corrected chi connectivity index (χ3v) is 4.18. The maximum Gasteiger partial charge on any atom is 0.244 e. The number of hydrogen-bond donors (Lipinski definition) is 1. The van der Waals surface area contributed by atoms with E-state index in [9.17, 15) is 4.79 Å². The van der Waals surface area contributed by atoms with Crippen LogP contribution in [0.3, 0.4) is 0 Å². The Morgan fingerprint density at radius 3 is 2.38 bits per heavy atom. The fraction of sp³-hybridized carbons (Fsp3) is 0.0476. The van der Waals surface area contributed by atoms with E-state index in [2.05, 4.69) is 5.32 Å². The molecule has 3 aromatic carbocycles. The van der Waals surface area contributed by atoms with Crippen LogP contribution in [-0.4, -0.2) is 23.3 Å². The van der Waals surface area contributed by atoms with Crippen molar-refractivity contribution in [3.05, 3.63) is 78.9 Å². The lowest BCUT2D eigenvalue weighted by molar-refractivity contribution is -0.116. The molecule has 1 aromatic heterocycles. The molecule has 0 aliphatic heterocycles. The number of aromatic nitrogens is 2. The summed E-state index contributed by atoms with van der Waals surface area (Å²) in [5.74, 6) is 0.661. The van der Waals surface area contributed by atoms with Crippen molar-refractivity contribution in [1.29, 1.82) is 0 Å². The van der Waals surface area contributed by atoms with Gasteiger partial charge in [-0.15, -0.1) is 0 Å². The van der Waals surface area contributed by atoms with Crippen LogP contribution in [0.1, 0.15) is 0 Å². The molecule has 5 heteroatoms. The second kappa shape index (κ2) is 6.88. The Kier molecular flexibility index (Phi) is 4.28. The first kappa shape index (κ1) is 16.2. The Morgan fingerprint density at radius 1 is 0.923 bits per heavy atom. The molecule has 1 amide bonds. The van der Waals surface area contributed by atoms with Gasteiger partial charge in [-0.05, 0) is 24.3 Å². The third-order valence-electron chi connectivity index (χ3n) is 4.18. The molecule has 0 bridgehead atoms. The van der Waals surface area contributed by atoms with Crippen LogP contribution >= 0.6 is 0 Å². The Hall–Kier alpha value is -3.34. The van der Waals surface area contributed by atoms with Gasteiger partial charge >= 0.3 is 0 Å². The van der Waals surface area contributed by atoms with Gasteiger partial charge in [0.1, 0.15) is 20.2 Å². The summed E-state index contributed by atoms with van der Waals surface area (Å²) in [6.07, 6.45) is 0. The first-order chi connectivity index (χ1) is 12.7. The monoisotopic (exact) mass is 337 g/mol.